The van der Waals surface area contributed by atoms with Crippen LogP contribution < -0.4 is 15.4 Å². The van der Waals surface area contributed by atoms with Gasteiger partial charge in [-0.2, -0.15) is 0 Å². The summed E-state index contributed by atoms with van der Waals surface area (Å²) in [5.41, 5.74) is 0.643. The van der Waals surface area contributed by atoms with Gasteiger partial charge in [0.25, 0.3) is 0 Å². The summed E-state index contributed by atoms with van der Waals surface area (Å²) in [6.45, 7) is 5.39. The Morgan fingerprint density at radius 1 is 1.19 bits per heavy atom. The van der Waals surface area contributed by atoms with Crippen LogP contribution in [0.1, 0.15) is 46.0 Å². The molecule has 3 aliphatic rings. The minimum atomic E-state index is -0.666. The van der Waals surface area contributed by atoms with Gasteiger partial charge in [-0.25, -0.2) is 0 Å². The number of carbonyl (C=O) groups is 3. The number of anilines is 1. The molecule has 3 amide bonds. The molecule has 1 aromatic carbocycles. The Morgan fingerprint density at radius 3 is 2.61 bits per heavy atom. The fourth-order valence-electron chi connectivity index (χ4n) is 5.92. The minimum Gasteiger partial charge on any atom is -0.494 e. The van der Waals surface area contributed by atoms with Crippen LogP contribution in [-0.4, -0.2) is 74.9 Å². The van der Waals surface area contributed by atoms with Crippen molar-refractivity contribution in [1.82, 2.24) is 10.2 Å². The molecule has 3 aliphatic heterocycles. The van der Waals surface area contributed by atoms with Crippen LogP contribution in [0.15, 0.2) is 24.3 Å². The highest BCUT2D eigenvalue weighted by molar-refractivity contribution is 9.09. The van der Waals surface area contributed by atoms with Crippen LogP contribution >= 0.6 is 27.7 Å². The maximum absolute atomic E-state index is 13.8. The molecule has 8 nitrogen and oxygen atoms in total. The monoisotopic (exact) mass is 581 g/mol. The molecule has 1 aromatic rings. The smallest absolute Gasteiger partial charge is 0.244 e. The first-order chi connectivity index (χ1) is 17.4. The number of benzene rings is 1. The van der Waals surface area contributed by atoms with Gasteiger partial charge < -0.3 is 25.4 Å². The average Bonchev–Trinajstić information content (AvgIpc) is 3.45. The van der Waals surface area contributed by atoms with Crippen LogP contribution in [-0.2, 0) is 14.4 Å². The van der Waals surface area contributed by atoms with E-state index in [1.54, 1.807) is 40.9 Å². The third kappa shape index (κ3) is 5.00. The number of unbranched alkanes of at least 4 members (excludes halogenated alkanes) is 2. The highest BCUT2D eigenvalue weighted by Crippen LogP contribution is 2.67. The maximum Gasteiger partial charge on any atom is 0.244 e. The Morgan fingerprint density at radius 2 is 1.94 bits per heavy atom. The quantitative estimate of drug-likeness (QED) is 0.258. The lowest BCUT2D eigenvalue weighted by molar-refractivity contribution is -0.139. The van der Waals surface area contributed by atoms with Crippen molar-refractivity contribution in [3.8, 4) is 5.75 Å². The summed E-state index contributed by atoms with van der Waals surface area (Å²) in [5.74, 6) is -0.912. The zero-order valence-corrected chi connectivity index (χ0v) is 23.3. The molecule has 3 N–H and O–H groups in total. The number of nitrogens with one attached hydrogen (secondary N) is 2. The van der Waals surface area contributed by atoms with E-state index < -0.39 is 22.6 Å². The van der Waals surface area contributed by atoms with Crippen LogP contribution in [0.4, 0.5) is 5.69 Å². The first-order valence-electron chi connectivity index (χ1n) is 12.9. The van der Waals surface area contributed by atoms with Crippen LogP contribution in [0, 0.1) is 11.8 Å². The summed E-state index contributed by atoms with van der Waals surface area (Å²) in [4.78, 5) is 42.6. The first kappa shape index (κ1) is 27.3. The predicted octanol–water partition coefficient (Wildman–Crippen LogP) is 3.18. The Hall–Kier alpha value is -1.78. The van der Waals surface area contributed by atoms with Crippen molar-refractivity contribution in [2.75, 3.05) is 31.6 Å². The number of fused-ring (bicyclic) bond motifs is 1. The van der Waals surface area contributed by atoms with Crippen molar-refractivity contribution >= 4 is 51.1 Å². The van der Waals surface area contributed by atoms with Gasteiger partial charge in [0.05, 0.1) is 23.2 Å². The third-order valence-corrected chi connectivity index (χ3v) is 10.6. The number of rotatable bonds is 12. The molecule has 0 aromatic heterocycles. The lowest BCUT2D eigenvalue weighted by atomic mass is 9.70. The van der Waals surface area contributed by atoms with Gasteiger partial charge in [-0.1, -0.05) is 35.7 Å². The number of carbonyl (C=O) groups excluding carboxylic acids is 3. The number of halogens is 1. The molecule has 198 valence electrons. The second-order valence-corrected chi connectivity index (χ2v) is 12.4. The molecular weight excluding hydrogens is 546 g/mol. The number of aliphatic hydroxyl groups is 1. The summed E-state index contributed by atoms with van der Waals surface area (Å²) < 4.78 is 4.82. The van der Waals surface area contributed by atoms with E-state index in [2.05, 4.69) is 33.5 Å². The number of amides is 3. The summed E-state index contributed by atoms with van der Waals surface area (Å²) >= 11 is 5.39. The van der Waals surface area contributed by atoms with Crippen LogP contribution in [0.5, 0.6) is 5.75 Å². The molecule has 1 spiro atoms. The molecule has 0 saturated carbocycles. The second kappa shape index (κ2) is 11.7. The molecule has 10 heteroatoms. The molecule has 3 unspecified atom stereocenters. The van der Waals surface area contributed by atoms with E-state index >= 15 is 0 Å². The Kier molecular flexibility index (Phi) is 8.88. The lowest BCUT2D eigenvalue weighted by Crippen LogP contribution is -2.54. The van der Waals surface area contributed by atoms with Gasteiger partial charge >= 0.3 is 0 Å². The predicted molar refractivity (Wildman–Crippen MR) is 144 cm³/mol. The summed E-state index contributed by atoms with van der Waals surface area (Å²) in [6.07, 6.45) is 4.01. The minimum absolute atomic E-state index is 0.0239. The fraction of sp³-hybridized carbons (Fsp3) is 0.654. The summed E-state index contributed by atoms with van der Waals surface area (Å²) in [7, 11) is 0. The van der Waals surface area contributed by atoms with Gasteiger partial charge in [-0.15, -0.1) is 11.8 Å². The van der Waals surface area contributed by atoms with E-state index in [0.717, 1.165) is 25.0 Å². The highest BCUT2D eigenvalue weighted by Gasteiger charge is 2.75. The van der Waals surface area contributed by atoms with E-state index in [1.807, 2.05) is 6.92 Å². The molecule has 4 rings (SSSR count). The van der Waals surface area contributed by atoms with Gasteiger partial charge in [-0.05, 0) is 50.5 Å². The van der Waals surface area contributed by atoms with E-state index in [1.165, 1.54) is 0 Å². The number of aliphatic hydroxyl groups excluding tert-OH is 1. The Bertz CT molecular complexity index is 963. The molecule has 3 heterocycles. The van der Waals surface area contributed by atoms with Crippen molar-refractivity contribution in [3.05, 3.63) is 24.3 Å². The molecule has 0 aliphatic carbocycles. The number of hydrogen-bond acceptors (Lipinski definition) is 6. The maximum atomic E-state index is 13.8. The molecule has 2 bridgehead atoms. The van der Waals surface area contributed by atoms with Gasteiger partial charge in [0.1, 0.15) is 11.8 Å². The van der Waals surface area contributed by atoms with E-state index in [0.29, 0.717) is 38.2 Å². The van der Waals surface area contributed by atoms with Gasteiger partial charge in [0, 0.05) is 35.5 Å². The van der Waals surface area contributed by atoms with Gasteiger partial charge in [-0.3, -0.25) is 14.4 Å². The summed E-state index contributed by atoms with van der Waals surface area (Å²) in [5, 5.41) is 15.4. The van der Waals surface area contributed by atoms with Crippen LogP contribution in [0.2, 0.25) is 0 Å². The molecule has 36 heavy (non-hydrogen) atoms. The van der Waals surface area contributed by atoms with Crippen LogP contribution in [0.3, 0.4) is 0 Å². The summed E-state index contributed by atoms with van der Waals surface area (Å²) in [6, 6.07) is 6.54. The Balaban J connectivity index is 1.58. The number of alkyl halides is 1. The van der Waals surface area contributed by atoms with Crippen molar-refractivity contribution in [1.29, 1.82) is 0 Å². The van der Waals surface area contributed by atoms with Crippen molar-refractivity contribution in [2.45, 2.75) is 66.8 Å². The largest absolute Gasteiger partial charge is 0.494 e. The van der Waals surface area contributed by atoms with Crippen molar-refractivity contribution in [3.63, 3.8) is 0 Å². The van der Waals surface area contributed by atoms with Gasteiger partial charge in [0.2, 0.25) is 17.7 Å². The number of nitrogens with zero attached hydrogens (tertiary/aromatic N) is 1. The van der Waals surface area contributed by atoms with E-state index in [-0.39, 0.29) is 34.4 Å². The average molecular weight is 583 g/mol. The highest BCUT2D eigenvalue weighted by atomic mass is 79.9. The Labute approximate surface area is 225 Å². The van der Waals surface area contributed by atoms with Gasteiger partial charge in [0.15, 0.2) is 0 Å². The molecule has 3 saturated heterocycles. The standard InChI is InChI=1S/C26H36BrN3O5S/c1-3-5-6-12-28-24(33)22-26-15-18(27)21(36-26)19(20(26)25(34)30(22)13-7-14-31)23(32)29-16-8-10-17(11-9-16)35-4-2/h8-11,18-22,31H,3-7,12-15H2,1-2H3,(H,28,33)(H,29,32)/t18?,19-,20-,21-,22?,26?/m0/s1. The SMILES string of the molecule is CCCCCNC(=O)C1N(CCCO)C(=O)[C@@H]2[C@H](C(=O)Nc3ccc(OCC)cc3)[C@H]3SC12CC3Br. The van der Waals surface area contributed by atoms with E-state index in [4.69, 9.17) is 4.74 Å². The first-order valence-corrected chi connectivity index (χ1v) is 14.7. The van der Waals surface area contributed by atoms with E-state index in [9.17, 15) is 19.5 Å². The van der Waals surface area contributed by atoms with Crippen molar-refractivity contribution in [2.24, 2.45) is 11.8 Å². The topological polar surface area (TPSA) is 108 Å². The lowest BCUT2D eigenvalue weighted by Gasteiger charge is -2.35. The number of hydrogen-bond donors (Lipinski definition) is 3. The van der Waals surface area contributed by atoms with Crippen LogP contribution in [0.25, 0.3) is 0 Å². The zero-order valence-electron chi connectivity index (χ0n) is 20.9. The van der Waals surface area contributed by atoms with Crippen molar-refractivity contribution < 1.29 is 24.2 Å². The second-order valence-electron chi connectivity index (χ2n) is 9.72. The molecule has 6 atom stereocenters. The molecular formula is C26H36BrN3O5S. The zero-order chi connectivity index (χ0) is 25.9. The molecule has 3 fully saturated rings. The number of likely N-dealkylation sites (tertiary alicyclic amines) is 1. The number of ether oxygens (including phenoxy) is 1. The molecule has 0 radical (unpaired) electrons. The fourth-order valence-corrected chi connectivity index (χ4v) is 9.53. The third-order valence-electron chi connectivity index (χ3n) is 7.41. The normalized spacial score (nSPS) is 30.4. The number of thioether (sulfide) groups is 1.